The first-order valence-electron chi connectivity index (χ1n) is 6.80. The first kappa shape index (κ1) is 11.3. The van der Waals surface area contributed by atoms with Gasteiger partial charge < -0.3 is 15.0 Å². The zero-order valence-corrected chi connectivity index (χ0v) is 10.6. The molecule has 3 nitrogen and oxygen atoms in total. The Labute approximate surface area is 103 Å². The third-order valence-electron chi connectivity index (χ3n) is 4.47. The molecule has 17 heavy (non-hydrogen) atoms. The molecule has 1 aliphatic carbocycles. The predicted molar refractivity (Wildman–Crippen MR) is 67.9 cm³/mol. The number of ether oxygens (including phenoxy) is 1. The van der Waals surface area contributed by atoms with E-state index in [0.29, 0.717) is 12.0 Å². The maximum Gasteiger partial charge on any atom is 0.0514 e. The number of hydrogen-bond acceptors (Lipinski definition) is 2. The number of aromatic nitrogens is 1. The van der Waals surface area contributed by atoms with Crippen LogP contribution < -0.4 is 5.73 Å². The lowest BCUT2D eigenvalue weighted by molar-refractivity contribution is 0.174. The quantitative estimate of drug-likeness (QED) is 0.853. The van der Waals surface area contributed by atoms with Gasteiger partial charge >= 0.3 is 0 Å². The first-order chi connectivity index (χ1) is 8.27. The fourth-order valence-electron chi connectivity index (χ4n) is 3.29. The summed E-state index contributed by atoms with van der Waals surface area (Å²) in [6.45, 7) is 4.16. The molecule has 1 fully saturated rings. The fourth-order valence-corrected chi connectivity index (χ4v) is 3.29. The highest BCUT2D eigenvalue weighted by Gasteiger charge is 2.27. The fraction of sp³-hybridized carbons (Fsp3) is 0.714. The van der Waals surface area contributed by atoms with E-state index in [9.17, 15) is 0 Å². The number of nitrogens with zero attached hydrogens (tertiary/aromatic N) is 1. The highest BCUT2D eigenvalue weighted by atomic mass is 16.5. The molecule has 3 rings (SSSR count). The van der Waals surface area contributed by atoms with E-state index in [1.165, 1.54) is 30.5 Å². The van der Waals surface area contributed by atoms with Crippen molar-refractivity contribution < 1.29 is 4.74 Å². The average molecular weight is 234 g/mol. The van der Waals surface area contributed by atoms with Gasteiger partial charge in [-0.3, -0.25) is 0 Å². The summed E-state index contributed by atoms with van der Waals surface area (Å²) < 4.78 is 7.96. The topological polar surface area (TPSA) is 40.2 Å². The molecule has 3 atom stereocenters. The van der Waals surface area contributed by atoms with Crippen LogP contribution in [-0.2, 0) is 11.2 Å². The zero-order valence-electron chi connectivity index (χ0n) is 10.6. The minimum absolute atomic E-state index is 0.257. The Morgan fingerprint density at radius 1 is 1.47 bits per heavy atom. The maximum absolute atomic E-state index is 6.18. The lowest BCUT2D eigenvalue weighted by Crippen LogP contribution is -2.22. The molecule has 1 aliphatic heterocycles. The summed E-state index contributed by atoms with van der Waals surface area (Å²) in [7, 11) is 0. The Kier molecular flexibility index (Phi) is 2.97. The molecule has 2 heterocycles. The summed E-state index contributed by atoms with van der Waals surface area (Å²) in [5.74, 6) is 0.671. The Morgan fingerprint density at radius 3 is 3.12 bits per heavy atom. The van der Waals surface area contributed by atoms with Crippen molar-refractivity contribution in [2.45, 2.75) is 44.7 Å². The van der Waals surface area contributed by atoms with Gasteiger partial charge in [0.05, 0.1) is 6.61 Å². The third kappa shape index (κ3) is 1.91. The summed E-state index contributed by atoms with van der Waals surface area (Å²) in [6, 6.07) is 3.03. The van der Waals surface area contributed by atoms with Crippen molar-refractivity contribution in [2.24, 2.45) is 11.7 Å². The molecule has 1 aromatic heterocycles. The van der Waals surface area contributed by atoms with E-state index in [-0.39, 0.29) is 6.04 Å². The van der Waals surface area contributed by atoms with Crippen LogP contribution in [0.5, 0.6) is 0 Å². The molecule has 0 aromatic carbocycles. The molecule has 0 bridgehead atoms. The Morgan fingerprint density at radius 2 is 2.35 bits per heavy atom. The summed E-state index contributed by atoms with van der Waals surface area (Å²) in [5.41, 5.74) is 9.03. The molecule has 1 saturated heterocycles. The van der Waals surface area contributed by atoms with Gasteiger partial charge in [0.2, 0.25) is 0 Å². The van der Waals surface area contributed by atoms with Crippen molar-refractivity contribution in [2.75, 3.05) is 13.2 Å². The normalized spacial score (nSPS) is 30.2. The highest BCUT2D eigenvalue weighted by Crippen LogP contribution is 2.34. The summed E-state index contributed by atoms with van der Waals surface area (Å²) in [5, 5.41) is 0. The number of fused-ring (bicyclic) bond motifs is 1. The molecular formula is C14H22N2O. The van der Waals surface area contributed by atoms with Gasteiger partial charge in [0.1, 0.15) is 0 Å². The van der Waals surface area contributed by atoms with Crippen LogP contribution in [0.4, 0.5) is 0 Å². The molecule has 0 radical (unpaired) electrons. The molecule has 0 spiro atoms. The van der Waals surface area contributed by atoms with E-state index in [4.69, 9.17) is 10.5 Å². The molecule has 3 heteroatoms. The van der Waals surface area contributed by atoms with E-state index < -0.39 is 0 Å². The van der Waals surface area contributed by atoms with E-state index in [1.54, 1.807) is 0 Å². The van der Waals surface area contributed by atoms with Crippen LogP contribution in [-0.4, -0.2) is 17.8 Å². The van der Waals surface area contributed by atoms with Gasteiger partial charge in [0.15, 0.2) is 0 Å². The van der Waals surface area contributed by atoms with Crippen molar-refractivity contribution >= 4 is 0 Å². The largest absolute Gasteiger partial charge is 0.381 e. The second-order valence-electron chi connectivity index (χ2n) is 5.49. The van der Waals surface area contributed by atoms with Gasteiger partial charge in [-0.05, 0) is 44.2 Å². The molecule has 0 amide bonds. The Bertz CT molecular complexity index is 393. The molecule has 2 aliphatic rings. The maximum atomic E-state index is 6.18. The molecule has 2 N–H and O–H groups in total. The second-order valence-corrected chi connectivity index (χ2v) is 5.49. The van der Waals surface area contributed by atoms with Gasteiger partial charge in [0.25, 0.3) is 0 Å². The van der Waals surface area contributed by atoms with E-state index in [0.717, 1.165) is 19.6 Å². The second kappa shape index (κ2) is 4.46. The lowest BCUT2D eigenvalue weighted by atomic mass is 9.92. The number of nitrogens with two attached hydrogens (primary N) is 1. The monoisotopic (exact) mass is 234 g/mol. The lowest BCUT2D eigenvalue weighted by Gasteiger charge is -2.26. The van der Waals surface area contributed by atoms with Gasteiger partial charge in [-0.15, -0.1) is 0 Å². The van der Waals surface area contributed by atoms with E-state index in [1.807, 2.05) is 0 Å². The Balaban J connectivity index is 1.87. The number of hydrogen-bond donors (Lipinski definition) is 1. The minimum Gasteiger partial charge on any atom is -0.381 e. The summed E-state index contributed by atoms with van der Waals surface area (Å²) in [6.07, 6.45) is 6.98. The van der Waals surface area contributed by atoms with E-state index in [2.05, 4.69) is 23.8 Å². The highest BCUT2D eigenvalue weighted by molar-refractivity contribution is 5.28. The van der Waals surface area contributed by atoms with Crippen LogP contribution in [0.25, 0.3) is 0 Å². The zero-order chi connectivity index (χ0) is 11.8. The Hall–Kier alpha value is -0.800. The van der Waals surface area contributed by atoms with E-state index >= 15 is 0 Å². The van der Waals surface area contributed by atoms with Crippen LogP contribution in [0.3, 0.4) is 0 Å². The van der Waals surface area contributed by atoms with Gasteiger partial charge in [-0.2, -0.15) is 0 Å². The third-order valence-corrected chi connectivity index (χ3v) is 4.47. The first-order valence-corrected chi connectivity index (χ1v) is 6.80. The number of rotatable bonds is 2. The van der Waals surface area contributed by atoms with Crippen LogP contribution in [0.2, 0.25) is 0 Å². The van der Waals surface area contributed by atoms with Gasteiger partial charge in [0, 0.05) is 36.5 Å². The van der Waals surface area contributed by atoms with Crippen LogP contribution in [0.15, 0.2) is 12.3 Å². The van der Waals surface area contributed by atoms with Crippen molar-refractivity contribution in [3.05, 3.63) is 23.5 Å². The van der Waals surface area contributed by atoms with Gasteiger partial charge in [-0.1, -0.05) is 0 Å². The average Bonchev–Trinajstić information content (AvgIpc) is 2.98. The smallest absolute Gasteiger partial charge is 0.0514 e. The van der Waals surface area contributed by atoms with Crippen molar-refractivity contribution in [1.82, 2.24) is 4.57 Å². The SMILES string of the molecule is CC(C1CCOC1)n1ccc2c1CCCC2N. The standard InChI is InChI=1S/C14H22N2O/c1-10(11-6-8-17-9-11)16-7-5-12-13(15)3-2-4-14(12)16/h5,7,10-11,13H,2-4,6,8-9,15H2,1H3. The molecular weight excluding hydrogens is 212 g/mol. The molecule has 1 aromatic rings. The molecule has 94 valence electrons. The van der Waals surface area contributed by atoms with Crippen molar-refractivity contribution in [3.63, 3.8) is 0 Å². The molecule has 0 saturated carbocycles. The minimum atomic E-state index is 0.257. The summed E-state index contributed by atoms with van der Waals surface area (Å²) >= 11 is 0. The summed E-state index contributed by atoms with van der Waals surface area (Å²) in [4.78, 5) is 0. The van der Waals surface area contributed by atoms with Crippen LogP contribution in [0.1, 0.15) is 49.5 Å². The predicted octanol–water partition coefficient (Wildman–Crippen LogP) is 2.42. The van der Waals surface area contributed by atoms with Crippen LogP contribution in [0, 0.1) is 5.92 Å². The van der Waals surface area contributed by atoms with Crippen molar-refractivity contribution in [3.8, 4) is 0 Å². The van der Waals surface area contributed by atoms with Crippen molar-refractivity contribution in [1.29, 1.82) is 0 Å². The van der Waals surface area contributed by atoms with Crippen LogP contribution >= 0.6 is 0 Å². The molecule has 3 unspecified atom stereocenters. The van der Waals surface area contributed by atoms with Gasteiger partial charge in [-0.25, -0.2) is 0 Å².